The fourth-order valence-electron chi connectivity index (χ4n) is 2.44. The Morgan fingerprint density at radius 2 is 1.69 bits per heavy atom. The summed E-state index contributed by atoms with van der Waals surface area (Å²) in [6.45, 7) is 12.5. The monoisotopic (exact) mass is 430 g/mol. The molecule has 1 aliphatic rings. The van der Waals surface area contributed by atoms with Gasteiger partial charge in [-0.3, -0.25) is 10.00 Å². The highest BCUT2D eigenvalue weighted by Gasteiger charge is 2.28. The van der Waals surface area contributed by atoms with Crippen LogP contribution in [0.15, 0.2) is 4.47 Å². The van der Waals surface area contributed by atoms with Gasteiger partial charge in [-0.05, 0) is 63.9 Å². The minimum atomic E-state index is -0.596. The predicted octanol–water partition coefficient (Wildman–Crippen LogP) is 4.13. The topological polar surface area (TPSA) is 85.7 Å². The lowest BCUT2D eigenvalue weighted by Gasteiger charge is -2.26. The fraction of sp³-hybridized carbons (Fsp3) is 0.706. The summed E-state index contributed by atoms with van der Waals surface area (Å²) in [5.74, 6) is 0.375. The second kappa shape index (κ2) is 7.46. The number of rotatable bonds is 1. The minimum Gasteiger partial charge on any atom is -0.444 e. The van der Waals surface area contributed by atoms with Gasteiger partial charge in [0, 0.05) is 13.1 Å². The highest BCUT2D eigenvalue weighted by Crippen LogP contribution is 2.30. The standard InChI is InChI=1S/C17H27BrN4O4/c1-16(2,3)25-14(23)19-13-12(18)11-10-21(8-7-9-22(11)20-13)15(24)26-17(4,5)6/h7-10H2,1-6H3,(H,19,20,23). The van der Waals surface area contributed by atoms with Crippen LogP contribution in [-0.2, 0) is 22.6 Å². The number of carbonyl (C=O) groups is 2. The molecule has 0 saturated heterocycles. The summed E-state index contributed by atoms with van der Waals surface area (Å²) in [6, 6.07) is 0. The third-order valence-electron chi connectivity index (χ3n) is 3.40. The number of ether oxygens (including phenoxy) is 2. The average molecular weight is 431 g/mol. The lowest BCUT2D eigenvalue weighted by Crippen LogP contribution is -2.36. The van der Waals surface area contributed by atoms with Gasteiger partial charge in [-0.2, -0.15) is 5.10 Å². The van der Waals surface area contributed by atoms with Gasteiger partial charge in [0.2, 0.25) is 0 Å². The molecule has 1 aliphatic heterocycles. The zero-order valence-electron chi connectivity index (χ0n) is 16.2. The number of carbonyl (C=O) groups excluding carboxylic acids is 2. The van der Waals surface area contributed by atoms with E-state index in [0.29, 0.717) is 29.9 Å². The molecule has 0 saturated carbocycles. The maximum atomic E-state index is 12.4. The van der Waals surface area contributed by atoms with E-state index >= 15 is 0 Å². The molecule has 0 fully saturated rings. The number of aryl methyl sites for hydroxylation is 1. The first kappa shape index (κ1) is 20.5. The zero-order valence-corrected chi connectivity index (χ0v) is 17.8. The summed E-state index contributed by atoms with van der Waals surface area (Å²) in [7, 11) is 0. The molecule has 1 aromatic rings. The van der Waals surface area contributed by atoms with Crippen molar-refractivity contribution in [2.75, 3.05) is 11.9 Å². The molecule has 0 aliphatic carbocycles. The quantitative estimate of drug-likeness (QED) is 0.723. The molecular weight excluding hydrogens is 404 g/mol. The van der Waals surface area contributed by atoms with E-state index in [0.717, 1.165) is 12.1 Å². The largest absolute Gasteiger partial charge is 0.444 e. The lowest BCUT2D eigenvalue weighted by molar-refractivity contribution is 0.0236. The first-order valence-electron chi connectivity index (χ1n) is 8.59. The molecule has 2 amide bonds. The Bertz CT molecular complexity index is 688. The van der Waals surface area contributed by atoms with E-state index in [4.69, 9.17) is 9.47 Å². The molecule has 0 bridgehead atoms. The van der Waals surface area contributed by atoms with Crippen LogP contribution in [0.25, 0.3) is 0 Å². The molecular formula is C17H27BrN4O4. The molecule has 2 rings (SSSR count). The molecule has 1 N–H and O–H groups in total. The fourth-order valence-corrected chi connectivity index (χ4v) is 2.95. The van der Waals surface area contributed by atoms with Gasteiger partial charge in [0.25, 0.3) is 0 Å². The molecule has 0 unspecified atom stereocenters. The van der Waals surface area contributed by atoms with Crippen LogP contribution in [0.2, 0.25) is 0 Å². The molecule has 146 valence electrons. The van der Waals surface area contributed by atoms with Crippen molar-refractivity contribution in [2.24, 2.45) is 0 Å². The van der Waals surface area contributed by atoms with Crippen molar-refractivity contribution in [2.45, 2.75) is 72.3 Å². The third kappa shape index (κ3) is 5.62. The normalized spacial score (nSPS) is 15.1. The Morgan fingerprint density at radius 3 is 2.27 bits per heavy atom. The number of hydrogen-bond donors (Lipinski definition) is 1. The maximum Gasteiger partial charge on any atom is 0.413 e. The second-order valence-electron chi connectivity index (χ2n) is 8.21. The number of hydrogen-bond acceptors (Lipinski definition) is 5. The van der Waals surface area contributed by atoms with Crippen molar-refractivity contribution in [1.82, 2.24) is 14.7 Å². The number of anilines is 1. The van der Waals surface area contributed by atoms with E-state index in [1.807, 2.05) is 20.8 Å². The molecule has 2 heterocycles. The van der Waals surface area contributed by atoms with Crippen LogP contribution in [0.3, 0.4) is 0 Å². The third-order valence-corrected chi connectivity index (χ3v) is 4.24. The van der Waals surface area contributed by atoms with Crippen molar-refractivity contribution in [3.05, 3.63) is 10.2 Å². The first-order chi connectivity index (χ1) is 11.9. The average Bonchev–Trinajstić information content (AvgIpc) is 2.62. The van der Waals surface area contributed by atoms with Gasteiger partial charge >= 0.3 is 12.2 Å². The van der Waals surface area contributed by atoms with Crippen LogP contribution >= 0.6 is 15.9 Å². The first-order valence-corrected chi connectivity index (χ1v) is 9.38. The SMILES string of the molecule is CC(C)(C)OC(=O)Nc1nn2c(c1Br)CN(C(=O)OC(C)(C)C)CCC2. The van der Waals surface area contributed by atoms with E-state index in [9.17, 15) is 9.59 Å². The van der Waals surface area contributed by atoms with Gasteiger partial charge in [0.1, 0.15) is 11.2 Å². The maximum absolute atomic E-state index is 12.4. The van der Waals surface area contributed by atoms with Crippen LogP contribution in [0.5, 0.6) is 0 Å². The number of nitrogens with zero attached hydrogens (tertiary/aromatic N) is 3. The highest BCUT2D eigenvalue weighted by molar-refractivity contribution is 9.10. The van der Waals surface area contributed by atoms with Crippen molar-refractivity contribution < 1.29 is 19.1 Å². The Labute approximate surface area is 162 Å². The molecule has 0 aromatic carbocycles. The van der Waals surface area contributed by atoms with Crippen molar-refractivity contribution in [1.29, 1.82) is 0 Å². The van der Waals surface area contributed by atoms with Gasteiger partial charge in [0.15, 0.2) is 5.82 Å². The van der Waals surface area contributed by atoms with E-state index < -0.39 is 17.3 Å². The van der Waals surface area contributed by atoms with Crippen LogP contribution in [-0.4, -0.2) is 44.6 Å². The second-order valence-corrected chi connectivity index (χ2v) is 9.01. The molecule has 0 atom stereocenters. The lowest BCUT2D eigenvalue weighted by atomic mass is 10.2. The molecule has 8 nitrogen and oxygen atoms in total. The summed E-state index contributed by atoms with van der Waals surface area (Å²) >= 11 is 3.49. The van der Waals surface area contributed by atoms with Gasteiger partial charge in [-0.15, -0.1) is 0 Å². The van der Waals surface area contributed by atoms with Crippen molar-refractivity contribution in [3.8, 4) is 0 Å². The molecule has 1 aromatic heterocycles. The zero-order chi connectivity index (χ0) is 19.7. The smallest absolute Gasteiger partial charge is 0.413 e. The van der Waals surface area contributed by atoms with Gasteiger partial charge < -0.3 is 14.4 Å². The van der Waals surface area contributed by atoms with E-state index in [1.165, 1.54) is 0 Å². The Morgan fingerprint density at radius 1 is 1.08 bits per heavy atom. The summed E-state index contributed by atoms with van der Waals surface area (Å²) < 4.78 is 13.2. The minimum absolute atomic E-state index is 0.346. The summed E-state index contributed by atoms with van der Waals surface area (Å²) in [6.07, 6.45) is -0.192. The number of amides is 2. The van der Waals surface area contributed by atoms with Gasteiger partial charge in [-0.1, -0.05) is 0 Å². The number of fused-ring (bicyclic) bond motifs is 1. The van der Waals surface area contributed by atoms with Crippen molar-refractivity contribution >= 4 is 33.9 Å². The van der Waals surface area contributed by atoms with Crippen molar-refractivity contribution in [3.63, 3.8) is 0 Å². The number of aromatic nitrogens is 2. The van der Waals surface area contributed by atoms with Crippen LogP contribution in [0, 0.1) is 0 Å². The van der Waals surface area contributed by atoms with Gasteiger partial charge in [-0.25, -0.2) is 9.59 Å². The highest BCUT2D eigenvalue weighted by atomic mass is 79.9. The molecule has 0 spiro atoms. The predicted molar refractivity (Wildman–Crippen MR) is 101 cm³/mol. The molecule has 26 heavy (non-hydrogen) atoms. The number of nitrogens with one attached hydrogen (secondary N) is 1. The summed E-state index contributed by atoms with van der Waals surface area (Å²) in [5, 5.41) is 7.08. The van der Waals surface area contributed by atoms with Crippen LogP contribution < -0.4 is 5.32 Å². The molecule has 0 radical (unpaired) electrons. The van der Waals surface area contributed by atoms with E-state index in [-0.39, 0.29) is 6.09 Å². The van der Waals surface area contributed by atoms with Crippen LogP contribution in [0.1, 0.15) is 53.7 Å². The van der Waals surface area contributed by atoms with E-state index in [2.05, 4.69) is 26.3 Å². The summed E-state index contributed by atoms with van der Waals surface area (Å²) in [4.78, 5) is 26.0. The summed E-state index contributed by atoms with van der Waals surface area (Å²) in [5.41, 5.74) is -0.343. The number of halogens is 1. The van der Waals surface area contributed by atoms with Crippen LogP contribution in [0.4, 0.5) is 15.4 Å². The Hall–Kier alpha value is -1.77. The Kier molecular flexibility index (Phi) is 5.89. The molecule has 9 heteroatoms. The Balaban J connectivity index is 2.15. The van der Waals surface area contributed by atoms with E-state index in [1.54, 1.807) is 30.4 Å². The van der Waals surface area contributed by atoms with Gasteiger partial charge in [0.05, 0.1) is 16.7 Å².